The third-order valence-electron chi connectivity index (χ3n) is 2.89. The lowest BCUT2D eigenvalue weighted by atomic mass is 10.3. The van der Waals surface area contributed by atoms with E-state index in [9.17, 15) is 0 Å². The number of benzene rings is 1. The van der Waals surface area contributed by atoms with Crippen LogP contribution in [0, 0.1) is 6.92 Å². The lowest BCUT2D eigenvalue weighted by Crippen LogP contribution is -1.94. The summed E-state index contributed by atoms with van der Waals surface area (Å²) in [6.07, 6.45) is 1.50. The number of fused-ring (bicyclic) bond motifs is 1. The monoisotopic (exact) mass is 287 g/mol. The fourth-order valence-corrected chi connectivity index (χ4v) is 2.82. The third kappa shape index (κ3) is 2.14. The Morgan fingerprint density at radius 3 is 2.85 bits per heavy atom. The fourth-order valence-electron chi connectivity index (χ4n) is 1.90. The number of hydrogen-bond donors (Lipinski definition) is 1. The van der Waals surface area contributed by atoms with E-state index >= 15 is 0 Å². The first-order valence-electron chi connectivity index (χ1n) is 5.99. The van der Waals surface area contributed by atoms with Gasteiger partial charge in [0.1, 0.15) is 11.0 Å². The number of thiophene rings is 1. The van der Waals surface area contributed by atoms with Gasteiger partial charge < -0.3 is 15.2 Å². The van der Waals surface area contributed by atoms with Gasteiger partial charge in [0.25, 0.3) is 0 Å². The largest absolute Gasteiger partial charge is 0.493 e. The Labute approximate surface area is 120 Å². The SMILES string of the molecule is COc1ccc(N)cc1Oc1ncnc2c(C)csc12. The second-order valence-electron chi connectivity index (χ2n) is 4.29. The van der Waals surface area contributed by atoms with Gasteiger partial charge in [-0.05, 0) is 30.0 Å². The van der Waals surface area contributed by atoms with Crippen molar-refractivity contribution in [3.05, 3.63) is 35.5 Å². The molecular weight excluding hydrogens is 274 g/mol. The molecule has 0 bridgehead atoms. The van der Waals surface area contributed by atoms with E-state index in [2.05, 4.69) is 9.97 Å². The van der Waals surface area contributed by atoms with Gasteiger partial charge >= 0.3 is 0 Å². The van der Waals surface area contributed by atoms with Crippen molar-refractivity contribution < 1.29 is 9.47 Å². The van der Waals surface area contributed by atoms with Gasteiger partial charge in [0.05, 0.1) is 12.6 Å². The number of aromatic nitrogens is 2. The Bertz CT molecular complexity index is 770. The summed E-state index contributed by atoms with van der Waals surface area (Å²) >= 11 is 1.56. The van der Waals surface area contributed by atoms with Crippen molar-refractivity contribution in [2.24, 2.45) is 0 Å². The zero-order chi connectivity index (χ0) is 14.1. The number of rotatable bonds is 3. The molecule has 0 atom stereocenters. The Balaban J connectivity index is 2.07. The molecular formula is C14H13N3O2S. The first-order chi connectivity index (χ1) is 9.69. The van der Waals surface area contributed by atoms with Crippen LogP contribution < -0.4 is 15.2 Å². The molecule has 0 aliphatic heterocycles. The van der Waals surface area contributed by atoms with Crippen LogP contribution >= 0.6 is 11.3 Å². The Morgan fingerprint density at radius 1 is 1.20 bits per heavy atom. The Hall–Kier alpha value is -2.34. The van der Waals surface area contributed by atoms with Crippen molar-refractivity contribution in [1.82, 2.24) is 9.97 Å². The molecule has 2 heterocycles. The summed E-state index contributed by atoms with van der Waals surface area (Å²) in [5, 5.41) is 2.03. The molecule has 102 valence electrons. The van der Waals surface area contributed by atoms with Crippen molar-refractivity contribution in [3.8, 4) is 17.4 Å². The standard InChI is InChI=1S/C14H13N3O2S/c1-8-6-20-13-12(8)16-7-17-14(13)19-11-5-9(15)3-4-10(11)18-2/h3-7H,15H2,1-2H3. The van der Waals surface area contributed by atoms with E-state index < -0.39 is 0 Å². The zero-order valence-electron chi connectivity index (χ0n) is 11.1. The topological polar surface area (TPSA) is 70.3 Å². The van der Waals surface area contributed by atoms with Gasteiger partial charge in [0.2, 0.25) is 5.88 Å². The van der Waals surface area contributed by atoms with Gasteiger partial charge in [-0.3, -0.25) is 0 Å². The van der Waals surface area contributed by atoms with Crippen molar-refractivity contribution in [1.29, 1.82) is 0 Å². The van der Waals surface area contributed by atoms with Crippen molar-refractivity contribution in [3.63, 3.8) is 0 Å². The van der Waals surface area contributed by atoms with E-state index in [0.29, 0.717) is 23.1 Å². The number of ether oxygens (including phenoxy) is 2. The molecule has 1 aromatic carbocycles. The van der Waals surface area contributed by atoms with Crippen molar-refractivity contribution in [2.45, 2.75) is 6.92 Å². The molecule has 0 aliphatic carbocycles. The van der Waals surface area contributed by atoms with E-state index in [-0.39, 0.29) is 0 Å². The number of aryl methyl sites for hydroxylation is 1. The van der Waals surface area contributed by atoms with Crippen LogP contribution in [0.2, 0.25) is 0 Å². The summed E-state index contributed by atoms with van der Waals surface area (Å²) in [5.41, 5.74) is 8.41. The highest BCUT2D eigenvalue weighted by molar-refractivity contribution is 7.17. The lowest BCUT2D eigenvalue weighted by Gasteiger charge is -2.10. The summed E-state index contributed by atoms with van der Waals surface area (Å²) in [6, 6.07) is 5.24. The maximum Gasteiger partial charge on any atom is 0.240 e. The summed E-state index contributed by atoms with van der Waals surface area (Å²) in [4.78, 5) is 8.47. The molecule has 0 fully saturated rings. The van der Waals surface area contributed by atoms with E-state index in [1.165, 1.54) is 6.33 Å². The molecule has 2 N–H and O–H groups in total. The van der Waals surface area contributed by atoms with Crippen molar-refractivity contribution in [2.75, 3.05) is 12.8 Å². The minimum absolute atomic E-state index is 0.511. The first-order valence-corrected chi connectivity index (χ1v) is 6.87. The van der Waals surface area contributed by atoms with E-state index in [1.807, 2.05) is 12.3 Å². The van der Waals surface area contributed by atoms with Crippen LogP contribution in [0.15, 0.2) is 29.9 Å². The average molecular weight is 287 g/mol. The molecule has 0 saturated carbocycles. The predicted octanol–water partition coefficient (Wildman–Crippen LogP) is 3.38. The number of nitrogens with zero attached hydrogens (tertiary/aromatic N) is 2. The summed E-state index contributed by atoms with van der Waals surface area (Å²) < 4.78 is 12.0. The molecule has 20 heavy (non-hydrogen) atoms. The molecule has 6 heteroatoms. The van der Waals surface area contributed by atoms with Gasteiger partial charge in [-0.2, -0.15) is 0 Å². The molecule has 0 saturated heterocycles. The predicted molar refractivity (Wildman–Crippen MR) is 79.6 cm³/mol. The van der Waals surface area contributed by atoms with Gasteiger partial charge in [-0.1, -0.05) is 0 Å². The number of anilines is 1. The molecule has 3 aromatic rings. The normalized spacial score (nSPS) is 10.7. The highest BCUT2D eigenvalue weighted by Crippen LogP contribution is 2.37. The van der Waals surface area contributed by atoms with Crippen LogP contribution in [0.3, 0.4) is 0 Å². The second-order valence-corrected chi connectivity index (χ2v) is 5.17. The first kappa shape index (κ1) is 12.7. The molecule has 3 rings (SSSR count). The third-order valence-corrected chi connectivity index (χ3v) is 3.97. The quantitative estimate of drug-likeness (QED) is 0.748. The number of hydrogen-bond acceptors (Lipinski definition) is 6. The summed E-state index contributed by atoms with van der Waals surface area (Å²) in [6.45, 7) is 2.01. The maximum atomic E-state index is 5.86. The highest BCUT2D eigenvalue weighted by Gasteiger charge is 2.13. The smallest absolute Gasteiger partial charge is 0.240 e. The van der Waals surface area contributed by atoms with Gasteiger partial charge in [-0.25, -0.2) is 9.97 Å². The van der Waals surface area contributed by atoms with Crippen LogP contribution in [0.4, 0.5) is 5.69 Å². The maximum absolute atomic E-state index is 5.86. The minimum atomic E-state index is 0.511. The van der Waals surface area contributed by atoms with Crippen LogP contribution in [-0.2, 0) is 0 Å². The number of nitrogens with two attached hydrogens (primary N) is 1. The molecule has 0 unspecified atom stereocenters. The molecule has 2 aromatic heterocycles. The van der Waals surface area contributed by atoms with E-state index in [4.69, 9.17) is 15.2 Å². The minimum Gasteiger partial charge on any atom is -0.493 e. The number of methoxy groups -OCH3 is 1. The van der Waals surface area contributed by atoms with E-state index in [0.717, 1.165) is 15.8 Å². The molecule has 0 spiro atoms. The Kier molecular flexibility index (Phi) is 3.15. The highest BCUT2D eigenvalue weighted by atomic mass is 32.1. The summed E-state index contributed by atoms with van der Waals surface area (Å²) in [7, 11) is 1.59. The van der Waals surface area contributed by atoms with Crippen molar-refractivity contribution >= 4 is 27.2 Å². The zero-order valence-corrected chi connectivity index (χ0v) is 11.9. The molecule has 0 amide bonds. The molecule has 5 nitrogen and oxygen atoms in total. The van der Waals surface area contributed by atoms with Crippen LogP contribution in [0.1, 0.15) is 5.56 Å². The fraction of sp³-hybridized carbons (Fsp3) is 0.143. The van der Waals surface area contributed by atoms with Crippen LogP contribution in [0.25, 0.3) is 10.2 Å². The average Bonchev–Trinajstić information content (AvgIpc) is 2.82. The summed E-state index contributed by atoms with van der Waals surface area (Å²) in [5.74, 6) is 1.66. The molecule has 0 radical (unpaired) electrons. The lowest BCUT2D eigenvalue weighted by molar-refractivity contribution is 0.376. The Morgan fingerprint density at radius 2 is 2.05 bits per heavy atom. The van der Waals surface area contributed by atoms with Crippen LogP contribution in [0.5, 0.6) is 17.4 Å². The van der Waals surface area contributed by atoms with Crippen LogP contribution in [-0.4, -0.2) is 17.1 Å². The van der Waals surface area contributed by atoms with E-state index in [1.54, 1.807) is 36.6 Å². The van der Waals surface area contributed by atoms with Gasteiger partial charge in [0.15, 0.2) is 11.5 Å². The van der Waals surface area contributed by atoms with Gasteiger partial charge in [-0.15, -0.1) is 11.3 Å². The molecule has 0 aliphatic rings. The second kappa shape index (κ2) is 4.97. The van der Waals surface area contributed by atoms with Gasteiger partial charge in [0, 0.05) is 11.8 Å². The number of nitrogen functional groups attached to an aromatic ring is 1.